The predicted molar refractivity (Wildman–Crippen MR) is 217 cm³/mol. The number of nitrogens with one attached hydrogen (secondary N) is 1. The lowest BCUT2D eigenvalue weighted by molar-refractivity contribution is -0.208. The molecule has 0 amide bonds. The first-order valence-corrected chi connectivity index (χ1v) is 20.6. The zero-order chi connectivity index (χ0) is 39.2. The van der Waals surface area contributed by atoms with Crippen LogP contribution in [-0.2, 0) is 25.5 Å². The van der Waals surface area contributed by atoms with Crippen molar-refractivity contribution in [3.63, 3.8) is 0 Å². The second-order valence-corrected chi connectivity index (χ2v) is 18.8. The highest BCUT2D eigenvalue weighted by Crippen LogP contribution is 2.75. The van der Waals surface area contributed by atoms with E-state index in [1.165, 1.54) is 18.3 Å². The molecule has 3 aliphatic carbocycles. The van der Waals surface area contributed by atoms with E-state index in [9.17, 15) is 4.79 Å². The Hall–Kier alpha value is -3.95. The Kier molecular flexibility index (Phi) is 9.20. The van der Waals surface area contributed by atoms with Crippen LogP contribution >= 0.6 is 11.8 Å². The first-order chi connectivity index (χ1) is 26.1. The van der Waals surface area contributed by atoms with Gasteiger partial charge in [0.2, 0.25) is 0 Å². The fourth-order valence-corrected chi connectivity index (χ4v) is 12.3. The summed E-state index contributed by atoms with van der Waals surface area (Å²) in [5.74, 6) is 1.20. The van der Waals surface area contributed by atoms with Gasteiger partial charge < -0.3 is 29.0 Å². The van der Waals surface area contributed by atoms with Gasteiger partial charge in [0.15, 0.2) is 17.0 Å². The molecule has 292 valence electrons. The smallest absolute Gasteiger partial charge is 0.333 e. The number of benzene rings is 2. The number of anilines is 1. The molecule has 9 rings (SSSR count). The Morgan fingerprint density at radius 1 is 1.00 bits per heavy atom. The molecule has 8 unspecified atom stereocenters. The van der Waals surface area contributed by atoms with Gasteiger partial charge in [-0.2, -0.15) is 0 Å². The first-order valence-electron chi connectivity index (χ1n) is 19.7. The number of rotatable bonds is 9. The van der Waals surface area contributed by atoms with E-state index in [2.05, 4.69) is 102 Å². The Labute approximate surface area is 330 Å². The van der Waals surface area contributed by atoms with E-state index in [0.29, 0.717) is 24.2 Å². The van der Waals surface area contributed by atoms with E-state index in [-0.39, 0.29) is 41.2 Å². The topological polar surface area (TPSA) is 92.3 Å². The molecule has 2 aromatic rings. The van der Waals surface area contributed by atoms with E-state index in [4.69, 9.17) is 23.7 Å². The molecule has 4 aliphatic heterocycles. The Morgan fingerprint density at radius 3 is 2.45 bits per heavy atom. The van der Waals surface area contributed by atoms with Crippen LogP contribution in [0.5, 0.6) is 17.2 Å². The van der Waals surface area contributed by atoms with Gasteiger partial charge in [0.05, 0.1) is 37.0 Å². The fourth-order valence-electron chi connectivity index (χ4n) is 10.7. The highest BCUT2D eigenvalue weighted by molar-refractivity contribution is 8.00. The molecular formula is C46H55NO7S. The van der Waals surface area contributed by atoms with Gasteiger partial charge in [-0.25, -0.2) is 4.79 Å². The average Bonchev–Trinajstić information content (AvgIpc) is 3.22. The van der Waals surface area contributed by atoms with Gasteiger partial charge in [0.1, 0.15) is 22.8 Å². The monoisotopic (exact) mass is 765 g/mol. The standard InChI is InChI=1S/C46H55NO7S/c1-25(2)14-13-21-44(8)22-20-29-37(52-44)28(18-17-26(3)4)39-34(38(29)50-9)36-35-40(55-32-16-12-11-15-31(32)47-36)30-24-33-43(6,7)54-45(41(30)48,46(33,35)53-39)23-19-27(5)42(49)51-10/h11-12,14-17,19-20,22,30,33,35-36,40,47H,13,18,21,23-24H2,1-10H3/b27-19-. The van der Waals surface area contributed by atoms with Crippen LogP contribution in [0.1, 0.15) is 104 Å². The van der Waals surface area contributed by atoms with E-state index in [1.54, 1.807) is 25.8 Å². The number of methoxy groups -OCH3 is 2. The molecule has 3 saturated carbocycles. The maximum absolute atomic E-state index is 15.4. The zero-order valence-corrected chi connectivity index (χ0v) is 34.7. The summed E-state index contributed by atoms with van der Waals surface area (Å²) in [4.78, 5) is 29.3. The van der Waals surface area contributed by atoms with Crippen molar-refractivity contribution >= 4 is 35.3 Å². The summed E-state index contributed by atoms with van der Waals surface area (Å²) in [6.07, 6.45) is 13.8. The SMILES string of the molecule is COC(=O)/C(C)=C\CC12OC(C)(C)C3CC(C1=O)C1Sc4ccccc4NC4c5c(OC)c6c(c(CC=C(C)C)c5OC32C41)OC(C)(CCC=C(C)C)C=C6. The van der Waals surface area contributed by atoms with Crippen molar-refractivity contribution in [1.29, 1.82) is 0 Å². The van der Waals surface area contributed by atoms with Gasteiger partial charge in [-0.1, -0.05) is 41.5 Å². The minimum absolute atomic E-state index is 0.0559. The largest absolute Gasteiger partial charge is 0.495 e. The van der Waals surface area contributed by atoms with Crippen molar-refractivity contribution in [2.45, 2.75) is 126 Å². The summed E-state index contributed by atoms with van der Waals surface area (Å²) in [5.41, 5.74) is 3.01. The van der Waals surface area contributed by atoms with Crippen molar-refractivity contribution in [1.82, 2.24) is 0 Å². The molecule has 1 N–H and O–H groups in total. The quantitative estimate of drug-likeness (QED) is 0.152. The highest BCUT2D eigenvalue weighted by Gasteiger charge is 2.85. The minimum atomic E-state index is -1.36. The lowest BCUT2D eigenvalue weighted by Gasteiger charge is -2.65. The number of hydrogen-bond donors (Lipinski definition) is 1. The van der Waals surface area contributed by atoms with E-state index >= 15 is 4.79 Å². The number of fused-ring (bicyclic) bond motifs is 4. The van der Waals surface area contributed by atoms with Crippen LogP contribution in [0.3, 0.4) is 0 Å². The number of ether oxygens (including phenoxy) is 5. The molecule has 8 nitrogen and oxygen atoms in total. The normalized spacial score (nSPS) is 32.7. The maximum atomic E-state index is 15.4. The number of thioether (sulfide) groups is 1. The van der Waals surface area contributed by atoms with Crippen LogP contribution in [-0.4, -0.2) is 53.6 Å². The number of Topliss-reactive ketones (excluding diaryl/α,β-unsaturated/α-hetero) is 1. The summed E-state index contributed by atoms with van der Waals surface area (Å²) < 4.78 is 33.9. The van der Waals surface area contributed by atoms with Crippen molar-refractivity contribution in [2.75, 3.05) is 19.5 Å². The number of hydrogen-bond acceptors (Lipinski definition) is 9. The van der Waals surface area contributed by atoms with Crippen LogP contribution < -0.4 is 19.5 Å². The van der Waals surface area contributed by atoms with E-state index in [0.717, 1.165) is 51.6 Å². The molecule has 1 saturated heterocycles. The van der Waals surface area contributed by atoms with Crippen molar-refractivity contribution in [3.05, 3.63) is 82.0 Å². The van der Waals surface area contributed by atoms with Gasteiger partial charge in [-0.3, -0.25) is 4.79 Å². The third-order valence-electron chi connectivity index (χ3n) is 13.1. The van der Waals surface area contributed by atoms with Gasteiger partial charge in [-0.15, -0.1) is 11.8 Å². The van der Waals surface area contributed by atoms with Crippen molar-refractivity contribution < 1.29 is 33.3 Å². The number of carbonyl (C=O) groups excluding carboxylic acids is 2. The molecule has 0 aromatic heterocycles. The summed E-state index contributed by atoms with van der Waals surface area (Å²) in [6.45, 7) is 16.6. The number of esters is 1. The third-order valence-corrected chi connectivity index (χ3v) is 14.6. The molecular weight excluding hydrogens is 711 g/mol. The second-order valence-electron chi connectivity index (χ2n) is 17.5. The number of allylic oxidation sites excluding steroid dienone is 4. The third kappa shape index (κ3) is 5.57. The summed E-state index contributed by atoms with van der Waals surface area (Å²) >= 11 is 1.79. The first kappa shape index (κ1) is 37.9. The van der Waals surface area contributed by atoms with Crippen molar-refractivity contribution in [2.24, 2.45) is 17.8 Å². The lowest BCUT2D eigenvalue weighted by Crippen LogP contribution is -2.79. The summed E-state index contributed by atoms with van der Waals surface area (Å²) in [7, 11) is 3.11. The number of ketones is 1. The van der Waals surface area contributed by atoms with Gasteiger partial charge in [-0.05, 0) is 105 Å². The predicted octanol–water partition coefficient (Wildman–Crippen LogP) is 9.77. The zero-order valence-electron chi connectivity index (χ0n) is 33.9. The van der Waals surface area contributed by atoms with Gasteiger partial charge >= 0.3 is 5.97 Å². The Bertz CT molecular complexity index is 2090. The lowest BCUT2D eigenvalue weighted by atomic mass is 9.45. The van der Waals surface area contributed by atoms with Crippen LogP contribution in [0.2, 0.25) is 0 Å². The minimum Gasteiger partial charge on any atom is -0.495 e. The van der Waals surface area contributed by atoms with E-state index in [1.807, 2.05) is 6.08 Å². The number of para-hydroxylation sites is 1. The molecule has 4 bridgehead atoms. The van der Waals surface area contributed by atoms with Crippen LogP contribution in [0.4, 0.5) is 5.69 Å². The van der Waals surface area contributed by atoms with Crippen LogP contribution in [0.15, 0.2) is 70.2 Å². The van der Waals surface area contributed by atoms with Crippen LogP contribution in [0, 0.1) is 17.8 Å². The summed E-state index contributed by atoms with van der Waals surface area (Å²) in [6, 6.07) is 8.11. The molecule has 8 atom stereocenters. The van der Waals surface area contributed by atoms with Gasteiger partial charge in [0.25, 0.3) is 0 Å². The molecule has 4 heterocycles. The molecule has 55 heavy (non-hydrogen) atoms. The Balaban J connectivity index is 1.43. The molecule has 4 fully saturated rings. The van der Waals surface area contributed by atoms with Crippen LogP contribution in [0.25, 0.3) is 6.08 Å². The Morgan fingerprint density at radius 2 is 1.75 bits per heavy atom. The van der Waals surface area contributed by atoms with Gasteiger partial charge in [0, 0.05) is 51.1 Å². The average molecular weight is 766 g/mol. The molecule has 1 spiro atoms. The molecule has 9 heteroatoms. The fraction of sp³-hybridized carbons (Fsp3) is 0.522. The highest BCUT2D eigenvalue weighted by atomic mass is 32.2. The second kappa shape index (κ2) is 13.3. The van der Waals surface area contributed by atoms with E-state index < -0.39 is 28.4 Å². The molecule has 2 aromatic carbocycles. The van der Waals surface area contributed by atoms with Crippen molar-refractivity contribution in [3.8, 4) is 17.2 Å². The molecule has 0 radical (unpaired) electrons. The molecule has 7 aliphatic rings. The summed E-state index contributed by atoms with van der Waals surface area (Å²) in [5, 5.41) is 3.95. The maximum Gasteiger partial charge on any atom is 0.333 e. The number of carbonyl (C=O) groups is 2.